The van der Waals surface area contributed by atoms with Crippen LogP contribution in [-0.4, -0.2) is 21.3 Å². The summed E-state index contributed by atoms with van der Waals surface area (Å²) in [7, 11) is 0. The van der Waals surface area contributed by atoms with Crippen molar-refractivity contribution in [1.82, 2.24) is 15.0 Å². The first-order chi connectivity index (χ1) is 9.19. The molecule has 0 N–H and O–H groups in total. The van der Waals surface area contributed by atoms with Crippen LogP contribution in [0.1, 0.15) is 40.5 Å². The fraction of sp³-hybridized carbons (Fsp3) is 0.308. The average molecular weight is 296 g/mol. The first kappa shape index (κ1) is 12.6. The van der Waals surface area contributed by atoms with E-state index in [-0.39, 0.29) is 0 Å². The highest BCUT2D eigenvalue weighted by atomic mass is 35.5. The van der Waals surface area contributed by atoms with E-state index in [2.05, 4.69) is 10.3 Å². The first-order valence-corrected chi connectivity index (χ1v) is 6.77. The van der Waals surface area contributed by atoms with Crippen LogP contribution < -0.4 is 0 Å². The van der Waals surface area contributed by atoms with E-state index in [1.54, 1.807) is 10.7 Å². The molecule has 4 nitrogen and oxygen atoms in total. The van der Waals surface area contributed by atoms with Crippen molar-refractivity contribution in [1.29, 1.82) is 0 Å². The van der Waals surface area contributed by atoms with Crippen LogP contribution in [-0.2, 0) is 6.54 Å². The first-order valence-electron chi connectivity index (χ1n) is 6.01. The van der Waals surface area contributed by atoms with Crippen molar-refractivity contribution >= 4 is 29.5 Å². The second-order valence-corrected chi connectivity index (χ2v) is 5.47. The lowest BCUT2D eigenvalue weighted by Gasteiger charge is -2.07. The molecule has 1 saturated carbocycles. The molecule has 0 radical (unpaired) electrons. The Balaban J connectivity index is 1.92. The number of benzene rings is 1. The molecule has 0 spiro atoms. The van der Waals surface area contributed by atoms with Gasteiger partial charge in [0.1, 0.15) is 5.69 Å². The number of hydrogen-bond donors (Lipinski definition) is 0. The van der Waals surface area contributed by atoms with Gasteiger partial charge in [-0.25, -0.2) is 4.68 Å². The normalized spacial score (nSPS) is 14.6. The van der Waals surface area contributed by atoms with E-state index < -0.39 is 0 Å². The summed E-state index contributed by atoms with van der Waals surface area (Å²) in [6.45, 7) is 0.545. The Bertz CT molecular complexity index is 635. The largest absolute Gasteiger partial charge is 0.296 e. The van der Waals surface area contributed by atoms with Crippen LogP contribution in [0.4, 0.5) is 0 Å². The number of halogens is 2. The van der Waals surface area contributed by atoms with Crippen molar-refractivity contribution < 1.29 is 4.79 Å². The summed E-state index contributed by atoms with van der Waals surface area (Å²) in [4.78, 5) is 11.0. The second kappa shape index (κ2) is 4.94. The zero-order valence-electron chi connectivity index (χ0n) is 10.0. The number of aldehydes is 1. The van der Waals surface area contributed by atoms with Crippen LogP contribution >= 0.6 is 23.2 Å². The molecular weight excluding hydrogens is 285 g/mol. The summed E-state index contributed by atoms with van der Waals surface area (Å²) in [5.41, 5.74) is 2.36. The summed E-state index contributed by atoms with van der Waals surface area (Å²) in [5, 5.41) is 9.02. The van der Waals surface area contributed by atoms with Crippen LogP contribution in [0.15, 0.2) is 18.2 Å². The van der Waals surface area contributed by atoms with Gasteiger partial charge >= 0.3 is 0 Å². The van der Waals surface area contributed by atoms with Crippen molar-refractivity contribution in [3.8, 4) is 0 Å². The minimum absolute atomic E-state index is 0.415. The summed E-state index contributed by atoms with van der Waals surface area (Å²) in [5.74, 6) is 0.415. The average Bonchev–Trinajstić information content (AvgIpc) is 3.16. The molecule has 1 aromatic heterocycles. The summed E-state index contributed by atoms with van der Waals surface area (Å²) in [6.07, 6.45) is 2.96. The molecule has 2 aromatic rings. The van der Waals surface area contributed by atoms with Crippen molar-refractivity contribution in [2.45, 2.75) is 25.3 Å². The third-order valence-electron chi connectivity index (χ3n) is 3.19. The molecule has 98 valence electrons. The van der Waals surface area contributed by atoms with Gasteiger partial charge in [-0.15, -0.1) is 5.10 Å². The lowest BCUT2D eigenvalue weighted by Crippen LogP contribution is -2.06. The van der Waals surface area contributed by atoms with E-state index in [4.69, 9.17) is 23.2 Å². The van der Waals surface area contributed by atoms with E-state index in [9.17, 15) is 4.79 Å². The van der Waals surface area contributed by atoms with Crippen molar-refractivity contribution in [2.75, 3.05) is 0 Å². The Labute approximate surface area is 120 Å². The second-order valence-electron chi connectivity index (χ2n) is 4.66. The Morgan fingerprint density at radius 3 is 2.74 bits per heavy atom. The molecule has 0 bridgehead atoms. The number of hydrogen-bond acceptors (Lipinski definition) is 3. The third kappa shape index (κ3) is 2.51. The number of aromatic nitrogens is 3. The van der Waals surface area contributed by atoms with E-state index >= 15 is 0 Å². The van der Waals surface area contributed by atoms with E-state index in [1.165, 1.54) is 0 Å². The predicted molar refractivity (Wildman–Crippen MR) is 72.9 cm³/mol. The molecule has 19 heavy (non-hydrogen) atoms. The maximum atomic E-state index is 11.0. The summed E-state index contributed by atoms with van der Waals surface area (Å²) >= 11 is 11.9. The number of rotatable bonds is 4. The van der Waals surface area contributed by atoms with Crippen LogP contribution in [0.5, 0.6) is 0 Å². The maximum Gasteiger partial charge on any atom is 0.172 e. The molecule has 1 aromatic carbocycles. The highest BCUT2D eigenvalue weighted by Gasteiger charge is 2.31. The molecule has 0 atom stereocenters. The quantitative estimate of drug-likeness (QED) is 0.813. The van der Waals surface area contributed by atoms with Crippen molar-refractivity contribution in [2.24, 2.45) is 0 Å². The molecule has 1 heterocycles. The molecule has 1 aliphatic rings. The van der Waals surface area contributed by atoms with Gasteiger partial charge in [0.25, 0.3) is 0 Å². The summed E-state index contributed by atoms with van der Waals surface area (Å²) < 4.78 is 1.78. The highest BCUT2D eigenvalue weighted by Crippen LogP contribution is 2.41. The van der Waals surface area contributed by atoms with Crippen molar-refractivity contribution in [3.05, 3.63) is 45.2 Å². The van der Waals surface area contributed by atoms with Gasteiger partial charge < -0.3 is 0 Å². The lowest BCUT2D eigenvalue weighted by molar-refractivity contribution is 0.111. The van der Waals surface area contributed by atoms with E-state index in [1.807, 2.05) is 12.1 Å². The predicted octanol–water partition coefficient (Wildman–Crippen LogP) is 3.32. The minimum Gasteiger partial charge on any atom is -0.296 e. The number of carbonyl (C=O) groups excluding carboxylic acids is 1. The Morgan fingerprint density at radius 2 is 2.11 bits per heavy atom. The molecule has 0 amide bonds. The Kier molecular flexibility index (Phi) is 3.29. The number of carbonyl (C=O) groups is 1. The zero-order valence-corrected chi connectivity index (χ0v) is 11.5. The van der Waals surface area contributed by atoms with E-state index in [0.29, 0.717) is 28.2 Å². The third-order valence-corrected chi connectivity index (χ3v) is 3.93. The van der Waals surface area contributed by atoms with Gasteiger partial charge in [-0.05, 0) is 30.5 Å². The van der Waals surface area contributed by atoms with Gasteiger partial charge in [-0.1, -0.05) is 34.5 Å². The van der Waals surface area contributed by atoms with Crippen LogP contribution in [0, 0.1) is 0 Å². The molecule has 3 rings (SSSR count). The summed E-state index contributed by atoms with van der Waals surface area (Å²) in [6, 6.07) is 5.46. The standard InChI is InChI=1S/C13H11Cl2N3O/c14-10-4-1-8(5-11(10)15)6-18-13(9-2-3-9)12(7-19)16-17-18/h1,4-5,7,9H,2-3,6H2. The highest BCUT2D eigenvalue weighted by molar-refractivity contribution is 6.42. The molecule has 0 saturated heterocycles. The van der Waals surface area contributed by atoms with Gasteiger partial charge in [0, 0.05) is 5.92 Å². The fourth-order valence-corrected chi connectivity index (χ4v) is 2.44. The molecule has 0 unspecified atom stereocenters. The monoisotopic (exact) mass is 295 g/mol. The molecule has 6 heteroatoms. The SMILES string of the molecule is O=Cc1nnn(Cc2ccc(Cl)c(Cl)c2)c1C1CC1. The van der Waals surface area contributed by atoms with Crippen LogP contribution in [0.25, 0.3) is 0 Å². The van der Waals surface area contributed by atoms with Gasteiger partial charge in [-0.3, -0.25) is 4.79 Å². The van der Waals surface area contributed by atoms with Crippen LogP contribution in [0.2, 0.25) is 10.0 Å². The maximum absolute atomic E-state index is 11.0. The lowest BCUT2D eigenvalue weighted by atomic mass is 10.2. The molecule has 1 fully saturated rings. The topological polar surface area (TPSA) is 47.8 Å². The number of nitrogens with zero attached hydrogens (tertiary/aromatic N) is 3. The smallest absolute Gasteiger partial charge is 0.172 e. The van der Waals surface area contributed by atoms with Gasteiger partial charge in [0.05, 0.1) is 22.3 Å². The molecule has 0 aliphatic heterocycles. The Morgan fingerprint density at radius 1 is 1.32 bits per heavy atom. The Hall–Kier alpha value is -1.39. The van der Waals surface area contributed by atoms with Gasteiger partial charge in [0.15, 0.2) is 6.29 Å². The van der Waals surface area contributed by atoms with Gasteiger partial charge in [0.2, 0.25) is 0 Å². The van der Waals surface area contributed by atoms with Crippen molar-refractivity contribution in [3.63, 3.8) is 0 Å². The minimum atomic E-state index is 0.415. The molecule has 1 aliphatic carbocycles. The molecular formula is C13H11Cl2N3O. The van der Waals surface area contributed by atoms with Crippen LogP contribution in [0.3, 0.4) is 0 Å². The zero-order chi connectivity index (χ0) is 13.4. The van der Waals surface area contributed by atoms with Gasteiger partial charge in [-0.2, -0.15) is 0 Å². The fourth-order valence-electron chi connectivity index (χ4n) is 2.12. The van der Waals surface area contributed by atoms with E-state index in [0.717, 1.165) is 30.4 Å².